The van der Waals surface area contributed by atoms with Gasteiger partial charge in [0.25, 0.3) is 0 Å². The van der Waals surface area contributed by atoms with Crippen molar-refractivity contribution in [3.63, 3.8) is 0 Å². The number of nitrogens with zero attached hydrogens (tertiary/aromatic N) is 2. The Morgan fingerprint density at radius 2 is 2.21 bits per heavy atom. The number of hydrogen-bond acceptors (Lipinski definition) is 6. The summed E-state index contributed by atoms with van der Waals surface area (Å²) < 4.78 is 10.8. The highest BCUT2D eigenvalue weighted by Gasteiger charge is 2.29. The molecule has 0 radical (unpaired) electrons. The molecule has 0 fully saturated rings. The van der Waals surface area contributed by atoms with Crippen LogP contribution in [-0.4, -0.2) is 36.1 Å². The maximum absolute atomic E-state index is 12.2. The molecule has 2 aromatic heterocycles. The lowest BCUT2D eigenvalue weighted by atomic mass is 9.94. The van der Waals surface area contributed by atoms with E-state index in [1.807, 2.05) is 12.2 Å². The lowest BCUT2D eigenvalue weighted by molar-refractivity contribution is -0.111. The van der Waals surface area contributed by atoms with Crippen molar-refractivity contribution < 1.29 is 18.7 Å². The van der Waals surface area contributed by atoms with Gasteiger partial charge in [-0.2, -0.15) is 5.26 Å². The van der Waals surface area contributed by atoms with Crippen molar-refractivity contribution in [2.45, 2.75) is 25.4 Å². The minimum absolute atomic E-state index is 0.219. The molecular formula is C21H19N3O4S. The molecule has 2 aliphatic rings. The molecule has 1 unspecified atom stereocenters. The summed E-state index contributed by atoms with van der Waals surface area (Å²) in [7, 11) is 0. The van der Waals surface area contributed by atoms with E-state index in [4.69, 9.17) is 9.15 Å². The second-order valence-electron chi connectivity index (χ2n) is 6.78. The highest BCUT2D eigenvalue weighted by atomic mass is 32.1. The molecule has 1 N–H and O–H groups in total. The fraction of sp³-hybridized carbons (Fsp3) is 0.286. The minimum Gasteiger partial charge on any atom is -0.465 e. The maximum Gasteiger partial charge on any atom is 0.410 e. The van der Waals surface area contributed by atoms with Gasteiger partial charge in [0, 0.05) is 30.5 Å². The summed E-state index contributed by atoms with van der Waals surface area (Å²) >= 11 is 1.37. The fourth-order valence-electron chi connectivity index (χ4n) is 3.40. The van der Waals surface area contributed by atoms with Gasteiger partial charge in [-0.25, -0.2) is 4.79 Å². The number of carbonyl (C=O) groups is 2. The molecule has 0 aromatic carbocycles. The van der Waals surface area contributed by atoms with Crippen LogP contribution >= 0.6 is 11.3 Å². The van der Waals surface area contributed by atoms with Crippen LogP contribution in [-0.2, 0) is 22.4 Å². The summed E-state index contributed by atoms with van der Waals surface area (Å²) in [6.45, 7) is 1.16. The lowest BCUT2D eigenvalue weighted by Crippen LogP contribution is -2.34. The summed E-state index contributed by atoms with van der Waals surface area (Å²) in [6, 6.07) is 5.69. The van der Waals surface area contributed by atoms with E-state index in [9.17, 15) is 14.9 Å². The van der Waals surface area contributed by atoms with Crippen LogP contribution in [0.15, 0.2) is 41.0 Å². The summed E-state index contributed by atoms with van der Waals surface area (Å²) in [5.74, 6) is 0.241. The second-order valence-corrected chi connectivity index (χ2v) is 7.89. The van der Waals surface area contributed by atoms with E-state index in [0.29, 0.717) is 48.7 Å². The first-order valence-corrected chi connectivity index (χ1v) is 10.1. The van der Waals surface area contributed by atoms with Gasteiger partial charge in [-0.3, -0.25) is 4.79 Å². The maximum atomic E-state index is 12.2. The molecule has 1 aliphatic heterocycles. The molecule has 148 valence electrons. The van der Waals surface area contributed by atoms with Gasteiger partial charge >= 0.3 is 6.09 Å². The van der Waals surface area contributed by atoms with Gasteiger partial charge in [-0.15, -0.1) is 11.3 Å². The molecule has 1 aliphatic carbocycles. The molecule has 0 saturated carbocycles. The van der Waals surface area contributed by atoms with E-state index < -0.39 is 0 Å². The fourth-order valence-corrected chi connectivity index (χ4v) is 4.67. The average molecular weight is 409 g/mol. The molecule has 8 heteroatoms. The zero-order valence-electron chi connectivity index (χ0n) is 15.6. The summed E-state index contributed by atoms with van der Waals surface area (Å²) in [5, 5.41) is 12.9. The Kier molecular flexibility index (Phi) is 5.49. The van der Waals surface area contributed by atoms with Gasteiger partial charge in [0.05, 0.1) is 11.8 Å². The van der Waals surface area contributed by atoms with Crippen LogP contribution in [0.1, 0.15) is 28.2 Å². The zero-order valence-corrected chi connectivity index (χ0v) is 16.4. The van der Waals surface area contributed by atoms with Crippen LogP contribution < -0.4 is 5.32 Å². The monoisotopic (exact) mass is 409 g/mol. The number of furan rings is 1. The number of rotatable bonds is 4. The van der Waals surface area contributed by atoms with Gasteiger partial charge in [0.15, 0.2) is 0 Å². The Labute approximate surface area is 171 Å². The zero-order chi connectivity index (χ0) is 20.2. The third kappa shape index (κ3) is 4.25. The van der Waals surface area contributed by atoms with Gasteiger partial charge in [-0.1, -0.05) is 12.2 Å². The normalized spacial score (nSPS) is 17.9. The molecule has 3 heterocycles. The van der Waals surface area contributed by atoms with Gasteiger partial charge in [0.2, 0.25) is 5.91 Å². The van der Waals surface area contributed by atoms with Crippen LogP contribution in [0.3, 0.4) is 0 Å². The molecular weight excluding hydrogens is 390 g/mol. The second kappa shape index (κ2) is 8.37. The highest BCUT2D eigenvalue weighted by Crippen LogP contribution is 2.38. The third-order valence-electron chi connectivity index (χ3n) is 4.85. The number of nitrogens with one attached hydrogen (secondary N) is 1. The molecule has 2 amide bonds. The quantitative estimate of drug-likeness (QED) is 0.613. The summed E-state index contributed by atoms with van der Waals surface area (Å²) in [5.41, 5.74) is 1.44. The van der Waals surface area contributed by atoms with E-state index in [1.54, 1.807) is 23.1 Å². The predicted octanol–water partition coefficient (Wildman–Crippen LogP) is 3.73. The summed E-state index contributed by atoms with van der Waals surface area (Å²) in [6.07, 6.45) is 9.68. The van der Waals surface area contributed by atoms with Crippen LogP contribution in [0.2, 0.25) is 0 Å². The van der Waals surface area contributed by atoms with E-state index >= 15 is 0 Å². The van der Waals surface area contributed by atoms with Crippen LogP contribution in [0.5, 0.6) is 0 Å². The summed E-state index contributed by atoms with van der Waals surface area (Å²) in [4.78, 5) is 27.1. The smallest absolute Gasteiger partial charge is 0.410 e. The third-order valence-corrected chi connectivity index (χ3v) is 6.02. The lowest BCUT2D eigenvalue weighted by Gasteiger charge is -2.25. The first-order chi connectivity index (χ1) is 14.1. The van der Waals surface area contributed by atoms with Crippen molar-refractivity contribution in [1.82, 2.24) is 4.90 Å². The van der Waals surface area contributed by atoms with Crippen molar-refractivity contribution in [2.24, 2.45) is 0 Å². The Morgan fingerprint density at radius 3 is 2.93 bits per heavy atom. The van der Waals surface area contributed by atoms with Crippen molar-refractivity contribution in [3.8, 4) is 6.07 Å². The number of anilines is 1. The average Bonchev–Trinajstić information content (AvgIpc) is 3.46. The number of amides is 2. The highest BCUT2D eigenvalue weighted by molar-refractivity contribution is 7.16. The number of hydrogen-bond donors (Lipinski definition) is 1. The number of fused-ring (bicyclic) bond motifs is 1. The molecule has 0 saturated heterocycles. The molecule has 29 heavy (non-hydrogen) atoms. The number of ether oxygens (including phenoxy) is 1. The van der Waals surface area contributed by atoms with E-state index in [1.165, 1.54) is 23.7 Å². The first-order valence-electron chi connectivity index (χ1n) is 9.32. The number of carbonyl (C=O) groups excluding carboxylic acids is 2. The topological polar surface area (TPSA) is 95.6 Å². The van der Waals surface area contributed by atoms with Crippen LogP contribution in [0.25, 0.3) is 6.08 Å². The Hall–Kier alpha value is -3.31. The van der Waals surface area contributed by atoms with Gasteiger partial charge < -0.3 is 19.4 Å². The van der Waals surface area contributed by atoms with Gasteiger partial charge in [-0.05, 0) is 36.6 Å². The molecule has 4 rings (SSSR count). The number of nitriles is 1. The molecule has 2 aromatic rings. The van der Waals surface area contributed by atoms with Crippen molar-refractivity contribution in [2.75, 3.05) is 18.4 Å². The molecule has 1 atom stereocenters. The predicted molar refractivity (Wildman–Crippen MR) is 108 cm³/mol. The molecule has 0 spiro atoms. The number of thiophene rings is 1. The Bertz CT molecular complexity index is 1010. The van der Waals surface area contributed by atoms with Crippen LogP contribution in [0.4, 0.5) is 9.80 Å². The van der Waals surface area contributed by atoms with Crippen molar-refractivity contribution >= 4 is 34.4 Å². The molecule has 0 bridgehead atoms. The van der Waals surface area contributed by atoms with E-state index in [0.717, 1.165) is 10.4 Å². The van der Waals surface area contributed by atoms with Gasteiger partial charge in [0.1, 0.15) is 22.9 Å². The largest absolute Gasteiger partial charge is 0.465 e. The Balaban J connectivity index is 1.42. The SMILES string of the molecule is N#Cc1c(NC(=O)C=Cc2ccco2)sc2c1CCC(OC(=O)N1CC=CC1)C2. The van der Waals surface area contributed by atoms with Crippen molar-refractivity contribution in [1.29, 1.82) is 5.26 Å². The van der Waals surface area contributed by atoms with Crippen LogP contribution in [0, 0.1) is 11.3 Å². The van der Waals surface area contributed by atoms with Crippen molar-refractivity contribution in [3.05, 3.63) is 58.4 Å². The standard InChI is InChI=1S/C21H19N3O4S/c22-13-17-16-7-5-15(28-21(26)24-9-1-2-10-24)12-18(16)29-20(17)23-19(25)8-6-14-4-3-11-27-14/h1-4,6,8,11,15H,5,7,9-10,12H2,(H,23,25). The molecule has 7 nitrogen and oxygen atoms in total. The van der Waals surface area contributed by atoms with E-state index in [-0.39, 0.29) is 18.1 Å². The minimum atomic E-state index is -0.332. The Morgan fingerprint density at radius 1 is 1.38 bits per heavy atom. The van der Waals surface area contributed by atoms with E-state index in [2.05, 4.69) is 11.4 Å². The first kappa shape index (κ1) is 19.0.